The van der Waals surface area contributed by atoms with Crippen molar-refractivity contribution < 1.29 is 14.7 Å². The third kappa shape index (κ3) is 5.13. The molecule has 0 spiro atoms. The summed E-state index contributed by atoms with van der Waals surface area (Å²) in [6.07, 6.45) is 11.1. The van der Waals surface area contributed by atoms with E-state index in [0.29, 0.717) is 12.3 Å². The fourth-order valence-electron chi connectivity index (χ4n) is 3.34. The number of hydrogen-bond donors (Lipinski definition) is 3. The molecule has 2 amide bonds. The minimum Gasteiger partial charge on any atom is -0.396 e. The minimum absolute atomic E-state index is 0.0234. The van der Waals surface area contributed by atoms with Gasteiger partial charge in [0.1, 0.15) is 6.04 Å². The van der Waals surface area contributed by atoms with E-state index in [1.165, 1.54) is 19.3 Å². The van der Waals surface area contributed by atoms with Crippen LogP contribution in [-0.2, 0) is 9.59 Å². The molecular weight excluding hydrogens is 280 g/mol. The number of nitrogens with one attached hydrogen (secondary N) is 2. The van der Waals surface area contributed by atoms with Gasteiger partial charge in [0.05, 0.1) is 0 Å². The predicted molar refractivity (Wildman–Crippen MR) is 85.1 cm³/mol. The first-order chi connectivity index (χ1) is 10.6. The van der Waals surface area contributed by atoms with E-state index in [4.69, 9.17) is 5.11 Å². The topological polar surface area (TPSA) is 78.4 Å². The SMILES string of the molecule is CC(NC(=O)CC1CCCCC1)C(=O)N[C@@H]1C=C[C@H](CO)C1. The van der Waals surface area contributed by atoms with Crippen LogP contribution in [0.25, 0.3) is 0 Å². The highest BCUT2D eigenvalue weighted by Gasteiger charge is 2.24. The molecule has 0 bridgehead atoms. The predicted octanol–water partition coefficient (Wildman–Crippen LogP) is 1.51. The molecule has 0 radical (unpaired) electrons. The number of rotatable bonds is 6. The number of amides is 2. The summed E-state index contributed by atoms with van der Waals surface area (Å²) in [4.78, 5) is 24.1. The van der Waals surface area contributed by atoms with Crippen LogP contribution in [0, 0.1) is 11.8 Å². The van der Waals surface area contributed by atoms with E-state index in [1.54, 1.807) is 6.92 Å². The number of hydrogen-bond acceptors (Lipinski definition) is 3. The summed E-state index contributed by atoms with van der Waals surface area (Å²) in [5.74, 6) is 0.420. The lowest BCUT2D eigenvalue weighted by Crippen LogP contribution is -2.47. The average Bonchev–Trinajstić information content (AvgIpc) is 2.95. The van der Waals surface area contributed by atoms with Gasteiger partial charge in [0.25, 0.3) is 0 Å². The lowest BCUT2D eigenvalue weighted by Gasteiger charge is -2.22. The molecule has 1 fully saturated rings. The molecule has 124 valence electrons. The fraction of sp³-hybridized carbons (Fsp3) is 0.765. The lowest BCUT2D eigenvalue weighted by atomic mass is 9.87. The van der Waals surface area contributed by atoms with Gasteiger partial charge < -0.3 is 15.7 Å². The molecule has 2 aliphatic rings. The fourth-order valence-corrected chi connectivity index (χ4v) is 3.34. The molecule has 3 N–H and O–H groups in total. The van der Waals surface area contributed by atoms with Gasteiger partial charge in [-0.05, 0) is 32.1 Å². The molecule has 0 aromatic rings. The smallest absolute Gasteiger partial charge is 0.242 e. The van der Waals surface area contributed by atoms with E-state index in [2.05, 4.69) is 10.6 Å². The van der Waals surface area contributed by atoms with Crippen molar-refractivity contribution in [3.8, 4) is 0 Å². The van der Waals surface area contributed by atoms with E-state index in [1.807, 2.05) is 12.2 Å². The second-order valence-corrected chi connectivity index (χ2v) is 6.68. The summed E-state index contributed by atoms with van der Waals surface area (Å²) in [6.45, 7) is 1.83. The van der Waals surface area contributed by atoms with Crippen molar-refractivity contribution in [2.75, 3.05) is 6.61 Å². The highest BCUT2D eigenvalue weighted by Crippen LogP contribution is 2.26. The van der Waals surface area contributed by atoms with E-state index in [0.717, 1.165) is 19.3 Å². The maximum Gasteiger partial charge on any atom is 0.242 e. The molecule has 22 heavy (non-hydrogen) atoms. The lowest BCUT2D eigenvalue weighted by molar-refractivity contribution is -0.129. The zero-order valence-electron chi connectivity index (χ0n) is 13.4. The summed E-state index contributed by atoms with van der Waals surface area (Å²) in [5, 5.41) is 14.8. The van der Waals surface area contributed by atoms with Gasteiger partial charge >= 0.3 is 0 Å². The summed E-state index contributed by atoms with van der Waals surface area (Å²) in [5.41, 5.74) is 0. The van der Waals surface area contributed by atoms with Crippen molar-refractivity contribution in [3.05, 3.63) is 12.2 Å². The van der Waals surface area contributed by atoms with Crippen molar-refractivity contribution >= 4 is 11.8 Å². The zero-order chi connectivity index (χ0) is 15.9. The highest BCUT2D eigenvalue weighted by atomic mass is 16.3. The quantitative estimate of drug-likeness (QED) is 0.651. The van der Waals surface area contributed by atoms with Gasteiger partial charge in [0.15, 0.2) is 0 Å². The molecular formula is C17H28N2O3. The first-order valence-corrected chi connectivity index (χ1v) is 8.47. The van der Waals surface area contributed by atoms with Crippen molar-refractivity contribution in [1.82, 2.24) is 10.6 Å². The second-order valence-electron chi connectivity index (χ2n) is 6.68. The van der Waals surface area contributed by atoms with E-state index in [9.17, 15) is 9.59 Å². The Kier molecular flexibility index (Phi) is 6.43. The number of carbonyl (C=O) groups excluding carboxylic acids is 2. The maximum absolute atomic E-state index is 12.1. The van der Waals surface area contributed by atoms with Crippen molar-refractivity contribution in [2.24, 2.45) is 11.8 Å². The van der Waals surface area contributed by atoms with Gasteiger partial charge in [-0.1, -0.05) is 31.4 Å². The molecule has 5 nitrogen and oxygen atoms in total. The number of carbonyl (C=O) groups is 2. The van der Waals surface area contributed by atoms with Gasteiger partial charge in [0, 0.05) is 25.0 Å². The first kappa shape index (κ1) is 17.0. The van der Waals surface area contributed by atoms with Crippen LogP contribution >= 0.6 is 0 Å². The summed E-state index contributed by atoms with van der Waals surface area (Å²) >= 11 is 0. The molecule has 2 rings (SSSR count). The molecule has 0 aromatic heterocycles. The average molecular weight is 308 g/mol. The Bertz CT molecular complexity index is 416. The zero-order valence-corrected chi connectivity index (χ0v) is 13.4. The Labute approximate surface area is 132 Å². The minimum atomic E-state index is -0.516. The molecule has 3 atom stereocenters. The van der Waals surface area contributed by atoms with E-state index in [-0.39, 0.29) is 30.4 Å². The van der Waals surface area contributed by atoms with Crippen molar-refractivity contribution in [1.29, 1.82) is 0 Å². The Morgan fingerprint density at radius 2 is 1.95 bits per heavy atom. The van der Waals surface area contributed by atoms with Crippen LogP contribution in [0.1, 0.15) is 51.9 Å². The van der Waals surface area contributed by atoms with Crippen molar-refractivity contribution in [2.45, 2.75) is 64.0 Å². The monoisotopic (exact) mass is 308 g/mol. The van der Waals surface area contributed by atoms with Gasteiger partial charge in [-0.3, -0.25) is 9.59 Å². The number of aliphatic hydroxyl groups is 1. The van der Waals surface area contributed by atoms with Crippen LogP contribution in [0.15, 0.2) is 12.2 Å². The molecule has 5 heteroatoms. The summed E-state index contributed by atoms with van der Waals surface area (Å²) < 4.78 is 0. The van der Waals surface area contributed by atoms with Gasteiger partial charge in [-0.2, -0.15) is 0 Å². The molecule has 2 aliphatic carbocycles. The molecule has 1 saturated carbocycles. The van der Waals surface area contributed by atoms with Crippen LogP contribution in [0.3, 0.4) is 0 Å². The standard InChI is InChI=1S/C17H28N2O3/c1-12(17(22)19-15-8-7-14(9-15)11-20)18-16(21)10-13-5-3-2-4-6-13/h7-8,12-15,20H,2-6,9-11H2,1H3,(H,18,21)(H,19,22)/t12?,14-,15+/m0/s1. The Hall–Kier alpha value is -1.36. The largest absolute Gasteiger partial charge is 0.396 e. The van der Waals surface area contributed by atoms with Gasteiger partial charge in [0.2, 0.25) is 11.8 Å². The van der Waals surface area contributed by atoms with Gasteiger partial charge in [-0.25, -0.2) is 0 Å². The van der Waals surface area contributed by atoms with E-state index >= 15 is 0 Å². The molecule has 0 heterocycles. The first-order valence-electron chi connectivity index (χ1n) is 8.47. The summed E-state index contributed by atoms with van der Waals surface area (Å²) in [7, 11) is 0. The number of aliphatic hydroxyl groups excluding tert-OH is 1. The van der Waals surface area contributed by atoms with Crippen LogP contribution in [0.5, 0.6) is 0 Å². The van der Waals surface area contributed by atoms with Crippen LogP contribution < -0.4 is 10.6 Å². The maximum atomic E-state index is 12.1. The van der Waals surface area contributed by atoms with Crippen LogP contribution in [-0.4, -0.2) is 35.6 Å². The Morgan fingerprint density at radius 3 is 2.59 bits per heavy atom. The van der Waals surface area contributed by atoms with E-state index < -0.39 is 6.04 Å². The Balaban J connectivity index is 1.69. The third-order valence-corrected chi connectivity index (χ3v) is 4.70. The molecule has 0 aliphatic heterocycles. The van der Waals surface area contributed by atoms with Gasteiger partial charge in [-0.15, -0.1) is 0 Å². The molecule has 0 aromatic carbocycles. The highest BCUT2D eigenvalue weighted by molar-refractivity contribution is 5.87. The molecule has 0 saturated heterocycles. The Morgan fingerprint density at radius 1 is 1.23 bits per heavy atom. The van der Waals surface area contributed by atoms with Crippen LogP contribution in [0.4, 0.5) is 0 Å². The third-order valence-electron chi connectivity index (χ3n) is 4.70. The summed E-state index contributed by atoms with van der Waals surface area (Å²) in [6, 6.07) is -0.556. The van der Waals surface area contributed by atoms with Crippen LogP contribution in [0.2, 0.25) is 0 Å². The van der Waals surface area contributed by atoms with Crippen molar-refractivity contribution in [3.63, 3.8) is 0 Å². The second kappa shape index (κ2) is 8.32. The normalized spacial score (nSPS) is 26.6. The molecule has 1 unspecified atom stereocenters.